The van der Waals surface area contributed by atoms with Crippen molar-refractivity contribution in [3.05, 3.63) is 41.7 Å². The highest BCUT2D eigenvalue weighted by atomic mass is 32.1. The van der Waals surface area contributed by atoms with E-state index in [1.54, 1.807) is 7.11 Å². The largest absolute Gasteiger partial charge is 0.497 e. The predicted octanol–water partition coefficient (Wildman–Crippen LogP) is 3.51. The molecule has 1 aromatic heterocycles. The third-order valence-electron chi connectivity index (χ3n) is 6.11. The van der Waals surface area contributed by atoms with Gasteiger partial charge in [-0.3, -0.25) is 5.32 Å². The molecule has 2 aliphatic rings. The van der Waals surface area contributed by atoms with Crippen molar-refractivity contribution in [2.24, 2.45) is 4.99 Å². The van der Waals surface area contributed by atoms with Gasteiger partial charge in [0.05, 0.1) is 7.11 Å². The molecule has 0 bridgehead atoms. The fraction of sp³-hybridized carbons (Fsp3) is 0.500. The van der Waals surface area contributed by atoms with E-state index in [-0.39, 0.29) is 0 Å². The molecule has 0 unspecified atom stereocenters. The summed E-state index contributed by atoms with van der Waals surface area (Å²) >= 11 is 5.60. The van der Waals surface area contributed by atoms with Gasteiger partial charge in [-0.05, 0) is 69.2 Å². The number of aryl methyl sites for hydroxylation is 2. The topological polar surface area (TPSA) is 77.9 Å². The van der Waals surface area contributed by atoms with Gasteiger partial charge in [0, 0.05) is 49.3 Å². The van der Waals surface area contributed by atoms with E-state index in [0.29, 0.717) is 23.1 Å². The molecule has 176 valence electrons. The second kappa shape index (κ2) is 10.8. The van der Waals surface area contributed by atoms with E-state index < -0.39 is 0 Å². The number of nitrogens with one attached hydrogen (secondary N) is 2. The number of methoxy groups -OCH3 is 1. The van der Waals surface area contributed by atoms with Gasteiger partial charge in [0.2, 0.25) is 11.9 Å². The first-order chi connectivity index (χ1) is 16.0. The van der Waals surface area contributed by atoms with Gasteiger partial charge in [-0.2, -0.15) is 4.99 Å². The first-order valence-corrected chi connectivity index (χ1v) is 12.0. The number of rotatable bonds is 4. The molecular formula is C24H33N7OS. The number of guanidine groups is 1. The number of hydrogen-bond donors (Lipinski definition) is 2. The number of aliphatic imine (C=N–C) groups is 1. The van der Waals surface area contributed by atoms with Crippen LogP contribution in [0.2, 0.25) is 0 Å². The molecule has 0 amide bonds. The minimum absolute atomic E-state index is 0.423. The van der Waals surface area contributed by atoms with Crippen LogP contribution < -0.4 is 20.3 Å². The Morgan fingerprint density at radius 2 is 1.67 bits per heavy atom. The van der Waals surface area contributed by atoms with Gasteiger partial charge in [-0.1, -0.05) is 12.8 Å². The van der Waals surface area contributed by atoms with Crippen LogP contribution in [0.3, 0.4) is 0 Å². The third-order valence-corrected chi connectivity index (χ3v) is 6.32. The first-order valence-electron chi connectivity index (χ1n) is 11.6. The zero-order chi connectivity index (χ0) is 23.2. The second-order valence-electron chi connectivity index (χ2n) is 8.64. The lowest BCUT2D eigenvalue weighted by molar-refractivity contribution is 0.384. The smallest absolute Gasteiger partial charge is 0.229 e. The summed E-state index contributed by atoms with van der Waals surface area (Å²) < 4.78 is 5.28. The van der Waals surface area contributed by atoms with E-state index in [0.717, 1.165) is 56.2 Å². The summed E-state index contributed by atoms with van der Waals surface area (Å²) in [6, 6.07) is 10.6. The molecule has 33 heavy (non-hydrogen) atoms. The van der Waals surface area contributed by atoms with Crippen LogP contribution in [0.4, 0.5) is 11.6 Å². The van der Waals surface area contributed by atoms with Crippen LogP contribution in [-0.4, -0.2) is 65.3 Å². The van der Waals surface area contributed by atoms with Gasteiger partial charge in [0.15, 0.2) is 5.11 Å². The van der Waals surface area contributed by atoms with E-state index in [2.05, 4.69) is 42.5 Å². The number of nitrogens with zero attached hydrogens (tertiary/aromatic N) is 5. The van der Waals surface area contributed by atoms with Crippen molar-refractivity contribution in [2.45, 2.75) is 45.6 Å². The SMILES string of the molecule is COc1ccc(N2CCN(/C(=N\C(=S)NC3CCCC3)Nc3nc(C)cc(C)n3)CC2)cc1. The number of aromatic nitrogens is 2. The minimum atomic E-state index is 0.423. The zero-order valence-electron chi connectivity index (χ0n) is 19.7. The maximum Gasteiger partial charge on any atom is 0.229 e. The van der Waals surface area contributed by atoms with Crippen molar-refractivity contribution in [3.63, 3.8) is 0 Å². The van der Waals surface area contributed by atoms with Crippen LogP contribution in [0.25, 0.3) is 0 Å². The van der Waals surface area contributed by atoms with Gasteiger partial charge < -0.3 is 19.9 Å². The Morgan fingerprint density at radius 3 is 2.27 bits per heavy atom. The summed E-state index contributed by atoms with van der Waals surface area (Å²) in [6.07, 6.45) is 4.80. The van der Waals surface area contributed by atoms with Gasteiger partial charge in [0.1, 0.15) is 5.75 Å². The van der Waals surface area contributed by atoms with E-state index >= 15 is 0 Å². The number of ether oxygens (including phenoxy) is 1. The third kappa shape index (κ3) is 6.31. The first kappa shape index (κ1) is 23.2. The summed E-state index contributed by atoms with van der Waals surface area (Å²) in [6.45, 7) is 7.32. The lowest BCUT2D eigenvalue weighted by Gasteiger charge is -2.37. The Balaban J connectivity index is 1.47. The molecule has 1 aliphatic heterocycles. The Bertz CT molecular complexity index is 961. The maximum absolute atomic E-state index is 5.60. The minimum Gasteiger partial charge on any atom is -0.497 e. The molecule has 0 spiro atoms. The molecule has 1 aromatic carbocycles. The van der Waals surface area contributed by atoms with Crippen LogP contribution in [-0.2, 0) is 0 Å². The van der Waals surface area contributed by atoms with Crippen molar-refractivity contribution < 1.29 is 4.74 Å². The number of anilines is 2. The highest BCUT2D eigenvalue weighted by molar-refractivity contribution is 7.80. The van der Waals surface area contributed by atoms with Crippen LogP contribution in [0.1, 0.15) is 37.1 Å². The lowest BCUT2D eigenvalue weighted by Crippen LogP contribution is -2.51. The van der Waals surface area contributed by atoms with Gasteiger partial charge >= 0.3 is 0 Å². The number of piperazine rings is 1. The maximum atomic E-state index is 5.60. The molecule has 2 heterocycles. The lowest BCUT2D eigenvalue weighted by atomic mass is 10.2. The molecule has 9 heteroatoms. The molecule has 4 rings (SSSR count). The van der Waals surface area contributed by atoms with Gasteiger partial charge in [-0.15, -0.1) is 0 Å². The van der Waals surface area contributed by atoms with Crippen LogP contribution in [0.15, 0.2) is 35.3 Å². The highest BCUT2D eigenvalue weighted by Gasteiger charge is 2.22. The van der Waals surface area contributed by atoms with Crippen molar-refractivity contribution >= 4 is 34.9 Å². The van der Waals surface area contributed by atoms with Crippen molar-refractivity contribution in [1.82, 2.24) is 20.2 Å². The van der Waals surface area contributed by atoms with Gasteiger partial charge in [0.25, 0.3) is 0 Å². The summed E-state index contributed by atoms with van der Waals surface area (Å²) in [4.78, 5) is 18.5. The number of thiocarbonyl (C=S) groups is 1. The molecular weight excluding hydrogens is 434 g/mol. The average molecular weight is 468 g/mol. The Hall–Kier alpha value is -2.94. The molecule has 0 radical (unpaired) electrons. The summed E-state index contributed by atoms with van der Waals surface area (Å²) in [5, 5.41) is 7.28. The molecule has 2 N–H and O–H groups in total. The van der Waals surface area contributed by atoms with Crippen molar-refractivity contribution in [1.29, 1.82) is 0 Å². The van der Waals surface area contributed by atoms with Gasteiger partial charge in [-0.25, -0.2) is 9.97 Å². The molecule has 2 aromatic rings. The fourth-order valence-electron chi connectivity index (χ4n) is 4.40. The quantitative estimate of drug-likeness (QED) is 0.402. The number of hydrogen-bond acceptors (Lipinski definition) is 5. The molecule has 2 fully saturated rings. The fourth-order valence-corrected chi connectivity index (χ4v) is 4.66. The van der Waals surface area contributed by atoms with Crippen LogP contribution in [0.5, 0.6) is 5.75 Å². The van der Waals surface area contributed by atoms with Crippen LogP contribution in [0, 0.1) is 13.8 Å². The predicted molar refractivity (Wildman–Crippen MR) is 137 cm³/mol. The standard InChI is InChI=1S/C24H33N7OS/c1-17-16-18(2)26-22(25-17)28-23(29-24(33)27-19-6-4-5-7-19)31-14-12-30(13-15-31)20-8-10-21(32-3)11-9-20/h8-11,16,19H,4-7,12-15H2,1-3H3,(H2,25,26,27,28,29,33). The molecule has 1 saturated heterocycles. The highest BCUT2D eigenvalue weighted by Crippen LogP contribution is 2.21. The van der Waals surface area contributed by atoms with Crippen molar-refractivity contribution in [2.75, 3.05) is 43.5 Å². The Kier molecular flexibility index (Phi) is 7.59. The summed E-state index contributed by atoms with van der Waals surface area (Å²) in [5.41, 5.74) is 3.03. The summed E-state index contributed by atoms with van der Waals surface area (Å²) in [5.74, 6) is 2.12. The normalized spacial score (nSPS) is 17.2. The van der Waals surface area contributed by atoms with Crippen LogP contribution >= 0.6 is 12.2 Å². The molecule has 8 nitrogen and oxygen atoms in total. The Morgan fingerprint density at radius 1 is 1.03 bits per heavy atom. The number of benzene rings is 1. The molecule has 1 aliphatic carbocycles. The molecule has 0 atom stereocenters. The molecule has 1 saturated carbocycles. The van der Waals surface area contributed by atoms with E-state index in [1.165, 1.54) is 18.5 Å². The monoisotopic (exact) mass is 467 g/mol. The Labute approximate surface area is 201 Å². The van der Waals surface area contributed by atoms with E-state index in [4.69, 9.17) is 21.9 Å². The van der Waals surface area contributed by atoms with E-state index in [1.807, 2.05) is 32.0 Å². The van der Waals surface area contributed by atoms with Crippen molar-refractivity contribution in [3.8, 4) is 5.75 Å². The second-order valence-corrected chi connectivity index (χ2v) is 9.02. The zero-order valence-corrected chi connectivity index (χ0v) is 20.5. The average Bonchev–Trinajstić information content (AvgIpc) is 3.31. The summed E-state index contributed by atoms with van der Waals surface area (Å²) in [7, 11) is 1.69. The van der Waals surface area contributed by atoms with E-state index in [9.17, 15) is 0 Å².